The summed E-state index contributed by atoms with van der Waals surface area (Å²) in [4.78, 5) is 10.9. The minimum absolute atomic E-state index is 0.0368. The largest absolute Gasteiger partial charge is 0.493 e. The van der Waals surface area contributed by atoms with Crippen LogP contribution in [0, 0.1) is 18.3 Å². The normalized spacial score (nSPS) is 9.76. The third-order valence-electron chi connectivity index (χ3n) is 2.89. The predicted molar refractivity (Wildman–Crippen MR) is 75.9 cm³/mol. The molecule has 0 aliphatic heterocycles. The van der Waals surface area contributed by atoms with Crippen molar-refractivity contribution in [3.05, 3.63) is 53.1 Å². The first kappa shape index (κ1) is 14.4. The Bertz CT molecular complexity index is 732. The second-order valence-electron chi connectivity index (χ2n) is 4.38. The molecule has 0 aliphatic carbocycles. The number of ether oxygens (including phenoxy) is 2. The van der Waals surface area contributed by atoms with Gasteiger partial charge in [-0.15, -0.1) is 0 Å². The van der Waals surface area contributed by atoms with E-state index in [1.54, 1.807) is 6.07 Å². The lowest BCUT2D eigenvalue weighted by Crippen LogP contribution is -1.98. The molecule has 5 nitrogen and oxygen atoms in total. The highest BCUT2D eigenvalue weighted by atomic mass is 16.5. The van der Waals surface area contributed by atoms with Crippen LogP contribution in [-0.4, -0.2) is 18.2 Å². The van der Waals surface area contributed by atoms with Crippen molar-refractivity contribution in [3.8, 4) is 23.3 Å². The number of hydrogen-bond donors (Lipinski definition) is 1. The Kier molecular flexibility index (Phi) is 4.10. The molecule has 0 unspecified atom stereocenters. The highest BCUT2D eigenvalue weighted by Gasteiger charge is 2.12. The minimum Gasteiger partial charge on any atom is -0.493 e. The molecule has 0 amide bonds. The molecule has 0 heterocycles. The molecule has 1 N–H and O–H groups in total. The lowest BCUT2D eigenvalue weighted by atomic mass is 10.1. The zero-order valence-electron chi connectivity index (χ0n) is 11.6. The molecule has 0 atom stereocenters. The Labute approximate surface area is 122 Å². The minimum atomic E-state index is -1.09. The molecule has 21 heavy (non-hydrogen) atoms. The van der Waals surface area contributed by atoms with Crippen LogP contribution in [0.25, 0.3) is 0 Å². The number of aromatic carboxylic acids is 1. The molecule has 0 radical (unpaired) electrons. The summed E-state index contributed by atoms with van der Waals surface area (Å²) in [6, 6.07) is 11.5. The molecule has 0 aromatic heterocycles. The van der Waals surface area contributed by atoms with Crippen LogP contribution < -0.4 is 9.47 Å². The van der Waals surface area contributed by atoms with Gasteiger partial charge in [0.15, 0.2) is 11.5 Å². The van der Waals surface area contributed by atoms with Gasteiger partial charge in [-0.2, -0.15) is 5.26 Å². The van der Waals surface area contributed by atoms with E-state index in [0.717, 1.165) is 5.56 Å². The first-order chi connectivity index (χ1) is 10.0. The molecule has 2 rings (SSSR count). The summed E-state index contributed by atoms with van der Waals surface area (Å²) < 4.78 is 10.9. The molecular formula is C16H13NO4. The van der Waals surface area contributed by atoms with Gasteiger partial charge in [0, 0.05) is 0 Å². The number of carbonyl (C=O) groups is 1. The monoisotopic (exact) mass is 283 g/mol. The van der Waals surface area contributed by atoms with Crippen molar-refractivity contribution in [2.24, 2.45) is 0 Å². The van der Waals surface area contributed by atoms with Gasteiger partial charge in [-0.3, -0.25) is 0 Å². The average molecular weight is 283 g/mol. The molecule has 0 saturated heterocycles. The standard InChI is InChI=1S/C16H13NO4/c1-10-3-5-14(15(7-10)20-2)21-13-6-4-11(16(18)19)8-12(13)9-17/h3-8H,1-2H3,(H,18,19). The van der Waals surface area contributed by atoms with Crippen LogP contribution in [0.5, 0.6) is 17.2 Å². The summed E-state index contributed by atoms with van der Waals surface area (Å²) in [5.41, 5.74) is 1.20. The number of methoxy groups -OCH3 is 1. The lowest BCUT2D eigenvalue weighted by molar-refractivity contribution is 0.0697. The van der Waals surface area contributed by atoms with Crippen molar-refractivity contribution < 1.29 is 19.4 Å². The molecule has 0 fully saturated rings. The second-order valence-corrected chi connectivity index (χ2v) is 4.38. The van der Waals surface area contributed by atoms with E-state index in [1.165, 1.54) is 25.3 Å². The van der Waals surface area contributed by atoms with Crippen molar-refractivity contribution in [1.82, 2.24) is 0 Å². The summed E-state index contributed by atoms with van der Waals surface area (Å²) in [5, 5.41) is 18.0. The summed E-state index contributed by atoms with van der Waals surface area (Å²) in [6.07, 6.45) is 0. The molecule has 0 bridgehead atoms. The maximum Gasteiger partial charge on any atom is 0.335 e. The van der Waals surface area contributed by atoms with E-state index >= 15 is 0 Å². The van der Waals surface area contributed by atoms with Crippen molar-refractivity contribution in [2.75, 3.05) is 7.11 Å². The Balaban J connectivity index is 2.40. The second kappa shape index (κ2) is 5.97. The van der Waals surface area contributed by atoms with Crippen LogP contribution in [0.2, 0.25) is 0 Å². The maximum absolute atomic E-state index is 10.9. The lowest BCUT2D eigenvalue weighted by Gasteiger charge is -2.12. The van der Waals surface area contributed by atoms with Crippen molar-refractivity contribution in [3.63, 3.8) is 0 Å². The van der Waals surface area contributed by atoms with E-state index in [-0.39, 0.29) is 16.9 Å². The van der Waals surface area contributed by atoms with Crippen LogP contribution in [0.15, 0.2) is 36.4 Å². The van der Waals surface area contributed by atoms with Gasteiger partial charge in [-0.05, 0) is 42.8 Å². The van der Waals surface area contributed by atoms with E-state index in [4.69, 9.17) is 19.8 Å². The Hall–Kier alpha value is -3.00. The number of carboxylic acid groups (broad SMARTS) is 1. The fourth-order valence-corrected chi connectivity index (χ4v) is 1.82. The quantitative estimate of drug-likeness (QED) is 0.930. The van der Waals surface area contributed by atoms with E-state index < -0.39 is 5.97 Å². The molecule has 2 aromatic carbocycles. The maximum atomic E-state index is 10.9. The number of hydrogen-bond acceptors (Lipinski definition) is 4. The van der Waals surface area contributed by atoms with Gasteiger partial charge in [-0.1, -0.05) is 6.07 Å². The predicted octanol–water partition coefficient (Wildman–Crippen LogP) is 3.37. The smallest absolute Gasteiger partial charge is 0.335 e. The molecule has 0 saturated carbocycles. The number of carboxylic acids is 1. The highest BCUT2D eigenvalue weighted by Crippen LogP contribution is 2.33. The average Bonchev–Trinajstić information content (AvgIpc) is 2.49. The van der Waals surface area contributed by atoms with E-state index in [1.807, 2.05) is 25.1 Å². The molecule has 106 valence electrons. The number of aryl methyl sites for hydroxylation is 1. The molecule has 5 heteroatoms. The van der Waals surface area contributed by atoms with Gasteiger partial charge in [-0.25, -0.2) is 4.79 Å². The van der Waals surface area contributed by atoms with Crippen molar-refractivity contribution >= 4 is 5.97 Å². The van der Waals surface area contributed by atoms with Crippen molar-refractivity contribution in [2.45, 2.75) is 6.92 Å². The zero-order chi connectivity index (χ0) is 15.4. The van der Waals surface area contributed by atoms with E-state index in [0.29, 0.717) is 11.5 Å². The van der Waals surface area contributed by atoms with Gasteiger partial charge in [0.2, 0.25) is 0 Å². The molecular weight excluding hydrogens is 270 g/mol. The molecule has 0 spiro atoms. The summed E-state index contributed by atoms with van der Waals surface area (Å²) in [7, 11) is 1.53. The first-order valence-corrected chi connectivity index (χ1v) is 6.15. The van der Waals surface area contributed by atoms with Crippen LogP contribution in [0.4, 0.5) is 0 Å². The zero-order valence-corrected chi connectivity index (χ0v) is 11.6. The van der Waals surface area contributed by atoms with Crippen LogP contribution in [0.1, 0.15) is 21.5 Å². The first-order valence-electron chi connectivity index (χ1n) is 6.15. The van der Waals surface area contributed by atoms with Crippen LogP contribution in [0.3, 0.4) is 0 Å². The van der Waals surface area contributed by atoms with Gasteiger partial charge < -0.3 is 14.6 Å². The number of nitrogens with zero attached hydrogens (tertiary/aromatic N) is 1. The third-order valence-corrected chi connectivity index (χ3v) is 2.89. The fourth-order valence-electron chi connectivity index (χ4n) is 1.82. The summed E-state index contributed by atoms with van der Waals surface area (Å²) >= 11 is 0. The third kappa shape index (κ3) is 3.12. The Morgan fingerprint density at radius 3 is 2.48 bits per heavy atom. The summed E-state index contributed by atoms with van der Waals surface area (Å²) in [6.45, 7) is 1.93. The van der Waals surface area contributed by atoms with Crippen LogP contribution >= 0.6 is 0 Å². The SMILES string of the molecule is COc1cc(C)ccc1Oc1ccc(C(=O)O)cc1C#N. The van der Waals surface area contributed by atoms with Crippen LogP contribution in [-0.2, 0) is 0 Å². The van der Waals surface area contributed by atoms with E-state index in [9.17, 15) is 4.79 Å². The summed E-state index contributed by atoms with van der Waals surface area (Å²) in [5.74, 6) is 0.194. The molecule has 0 aliphatic rings. The Morgan fingerprint density at radius 1 is 1.14 bits per heavy atom. The molecule has 2 aromatic rings. The van der Waals surface area contributed by atoms with Gasteiger partial charge in [0.1, 0.15) is 11.8 Å². The van der Waals surface area contributed by atoms with Gasteiger partial charge in [0.05, 0.1) is 18.2 Å². The number of nitriles is 1. The van der Waals surface area contributed by atoms with Gasteiger partial charge in [0.25, 0.3) is 0 Å². The van der Waals surface area contributed by atoms with E-state index in [2.05, 4.69) is 0 Å². The number of rotatable bonds is 4. The number of benzene rings is 2. The Morgan fingerprint density at radius 2 is 1.86 bits per heavy atom. The van der Waals surface area contributed by atoms with Gasteiger partial charge >= 0.3 is 5.97 Å². The van der Waals surface area contributed by atoms with Crippen molar-refractivity contribution in [1.29, 1.82) is 5.26 Å². The fraction of sp³-hybridized carbons (Fsp3) is 0.125. The topological polar surface area (TPSA) is 79.6 Å². The highest BCUT2D eigenvalue weighted by molar-refractivity contribution is 5.88.